The third kappa shape index (κ3) is 12.8. The maximum absolute atomic E-state index is 11.4. The lowest BCUT2D eigenvalue weighted by molar-refractivity contribution is -0.117. The Morgan fingerprint density at radius 1 is 0.950 bits per heavy atom. The lowest BCUT2D eigenvalue weighted by Gasteiger charge is -2.16. The van der Waals surface area contributed by atoms with Crippen molar-refractivity contribution in [2.45, 2.75) is 78.1 Å². The maximum atomic E-state index is 11.4. The van der Waals surface area contributed by atoms with Crippen LogP contribution in [0.15, 0.2) is 0 Å². The highest BCUT2D eigenvalue weighted by molar-refractivity contribution is 7.52. The fraction of sp³-hybridized carbons (Fsp3) is 0.933. The van der Waals surface area contributed by atoms with Crippen LogP contribution in [-0.4, -0.2) is 21.7 Å². The second kappa shape index (κ2) is 11.5. The fourth-order valence-electron chi connectivity index (χ4n) is 2.48. The normalized spacial score (nSPS) is 12.1. The van der Waals surface area contributed by atoms with E-state index in [-0.39, 0.29) is 5.78 Å². The molecule has 0 aliphatic carbocycles. The van der Waals surface area contributed by atoms with Gasteiger partial charge in [-0.25, -0.2) is 0 Å². The zero-order chi connectivity index (χ0) is 15.4. The summed E-state index contributed by atoms with van der Waals surface area (Å²) < 4.78 is 10.7. The van der Waals surface area contributed by atoms with E-state index in [9.17, 15) is 9.36 Å². The van der Waals surface area contributed by atoms with E-state index in [1.54, 1.807) is 0 Å². The average Bonchev–Trinajstić information content (AvgIpc) is 2.34. The molecule has 120 valence electrons. The molecule has 0 radical (unpaired) electrons. The Hall–Kier alpha value is -0.180. The van der Waals surface area contributed by atoms with Crippen molar-refractivity contribution in [3.8, 4) is 0 Å². The van der Waals surface area contributed by atoms with Crippen LogP contribution in [0.2, 0.25) is 0 Å². The molecule has 0 amide bonds. The van der Waals surface area contributed by atoms with Gasteiger partial charge in [0, 0.05) is 6.42 Å². The van der Waals surface area contributed by atoms with E-state index in [2.05, 4.69) is 13.8 Å². The molecule has 0 heterocycles. The van der Waals surface area contributed by atoms with Crippen LogP contribution in [0.5, 0.6) is 0 Å². The van der Waals surface area contributed by atoms with Crippen molar-refractivity contribution in [3.05, 3.63) is 0 Å². The highest BCUT2D eigenvalue weighted by Crippen LogP contribution is 2.34. The number of unbranched alkanes of at least 4 members (excludes halogenated alkanes) is 3. The van der Waals surface area contributed by atoms with Gasteiger partial charge in [0.1, 0.15) is 11.9 Å². The summed E-state index contributed by atoms with van der Waals surface area (Å²) in [6, 6.07) is 0. The highest BCUT2D eigenvalue weighted by Gasteiger charge is 2.18. The smallest absolute Gasteiger partial charge is 0.324 e. The first-order chi connectivity index (χ1) is 9.39. The van der Waals surface area contributed by atoms with Gasteiger partial charge in [-0.15, -0.1) is 0 Å². The van der Waals surface area contributed by atoms with E-state index in [1.807, 2.05) is 0 Å². The first kappa shape index (κ1) is 19.8. The van der Waals surface area contributed by atoms with Crippen LogP contribution in [-0.2, 0) is 9.36 Å². The molecule has 0 saturated heterocycles. The number of ketones is 1. The summed E-state index contributed by atoms with van der Waals surface area (Å²) in [5, 5.41) is 0. The van der Waals surface area contributed by atoms with Gasteiger partial charge in [-0.05, 0) is 12.3 Å². The molecule has 0 rings (SSSR count). The first-order valence-electron chi connectivity index (χ1n) is 7.95. The van der Waals surface area contributed by atoms with Crippen LogP contribution in [0.25, 0.3) is 0 Å². The van der Waals surface area contributed by atoms with Crippen molar-refractivity contribution < 1.29 is 19.1 Å². The molecule has 0 aromatic heterocycles. The number of carbonyl (C=O) groups is 1. The molecule has 0 saturated carbocycles. The Labute approximate surface area is 123 Å². The molecule has 0 aromatic rings. The predicted molar refractivity (Wildman–Crippen MR) is 82.9 cm³/mol. The zero-order valence-electron chi connectivity index (χ0n) is 13.0. The van der Waals surface area contributed by atoms with Crippen LogP contribution >= 0.6 is 7.60 Å². The van der Waals surface area contributed by atoms with Crippen LogP contribution in [0.4, 0.5) is 0 Å². The van der Waals surface area contributed by atoms with Crippen molar-refractivity contribution in [2.75, 3.05) is 6.16 Å². The molecule has 20 heavy (non-hydrogen) atoms. The van der Waals surface area contributed by atoms with Gasteiger partial charge in [0.15, 0.2) is 0 Å². The van der Waals surface area contributed by atoms with Crippen molar-refractivity contribution in [2.24, 2.45) is 5.92 Å². The van der Waals surface area contributed by atoms with Gasteiger partial charge in [0.25, 0.3) is 0 Å². The third-order valence-corrected chi connectivity index (χ3v) is 4.40. The van der Waals surface area contributed by atoms with Crippen LogP contribution in [0.3, 0.4) is 0 Å². The molecule has 0 unspecified atom stereocenters. The summed E-state index contributed by atoms with van der Waals surface area (Å²) in [6.07, 6.45) is 10.1. The molecule has 0 aliphatic heterocycles. The Balaban J connectivity index is 3.81. The first-order valence-corrected chi connectivity index (χ1v) is 9.75. The van der Waals surface area contributed by atoms with Gasteiger partial charge in [-0.1, -0.05) is 65.2 Å². The molecule has 0 aromatic carbocycles. The van der Waals surface area contributed by atoms with Gasteiger partial charge < -0.3 is 9.79 Å². The van der Waals surface area contributed by atoms with Gasteiger partial charge in [0.2, 0.25) is 0 Å². The average molecular weight is 306 g/mol. The van der Waals surface area contributed by atoms with Gasteiger partial charge in [0.05, 0.1) is 0 Å². The minimum Gasteiger partial charge on any atom is -0.324 e. The summed E-state index contributed by atoms with van der Waals surface area (Å²) >= 11 is 0. The Morgan fingerprint density at radius 3 is 1.90 bits per heavy atom. The minimum atomic E-state index is -4.17. The predicted octanol–water partition coefficient (Wildman–Crippen LogP) is 4.29. The second-order valence-corrected chi connectivity index (χ2v) is 7.40. The topological polar surface area (TPSA) is 74.6 Å². The number of rotatable bonds is 13. The largest absolute Gasteiger partial charge is 0.332 e. The van der Waals surface area contributed by atoms with Crippen LogP contribution in [0.1, 0.15) is 78.1 Å². The van der Waals surface area contributed by atoms with E-state index < -0.39 is 13.8 Å². The SMILES string of the molecule is CCCCC(CCCC)CCCCC(=O)CP(=O)(O)O. The van der Waals surface area contributed by atoms with E-state index >= 15 is 0 Å². The Kier molecular flexibility index (Phi) is 11.4. The Morgan fingerprint density at radius 2 is 1.45 bits per heavy atom. The van der Waals surface area contributed by atoms with E-state index in [0.717, 1.165) is 25.2 Å². The summed E-state index contributed by atoms with van der Waals surface area (Å²) in [7, 11) is -4.17. The number of hydrogen-bond donors (Lipinski definition) is 2. The fourth-order valence-corrected chi connectivity index (χ4v) is 3.10. The molecule has 0 fully saturated rings. The van der Waals surface area contributed by atoms with Gasteiger partial charge in [-0.2, -0.15) is 0 Å². The summed E-state index contributed by atoms with van der Waals surface area (Å²) in [5.41, 5.74) is 0. The molecule has 0 spiro atoms. The van der Waals surface area contributed by atoms with E-state index in [4.69, 9.17) is 9.79 Å². The highest BCUT2D eigenvalue weighted by atomic mass is 31.2. The van der Waals surface area contributed by atoms with Crippen molar-refractivity contribution in [3.63, 3.8) is 0 Å². The molecule has 0 atom stereocenters. The van der Waals surface area contributed by atoms with E-state index in [1.165, 1.54) is 38.5 Å². The van der Waals surface area contributed by atoms with Gasteiger partial charge in [-0.3, -0.25) is 9.36 Å². The molecule has 2 N–H and O–H groups in total. The lowest BCUT2D eigenvalue weighted by atomic mass is 9.90. The zero-order valence-corrected chi connectivity index (χ0v) is 13.9. The monoisotopic (exact) mass is 306 g/mol. The number of Topliss-reactive ketones (excluding diaryl/α,β-unsaturated/α-hetero) is 1. The summed E-state index contributed by atoms with van der Waals surface area (Å²) in [5.74, 6) is 0.448. The molecule has 0 bridgehead atoms. The Bertz CT molecular complexity index is 290. The lowest BCUT2D eigenvalue weighted by Crippen LogP contribution is -2.06. The number of hydrogen-bond acceptors (Lipinski definition) is 2. The summed E-state index contributed by atoms with van der Waals surface area (Å²) in [4.78, 5) is 28.8. The molecule has 0 aliphatic rings. The standard InChI is InChI=1S/C15H31O4P/c1-3-5-9-14(10-6-4-2)11-7-8-12-15(16)13-20(17,18)19/h14H,3-13H2,1-2H3,(H2,17,18,19). The molecule has 5 heteroatoms. The van der Waals surface area contributed by atoms with Crippen LogP contribution in [0, 0.1) is 5.92 Å². The molecular weight excluding hydrogens is 275 g/mol. The van der Waals surface area contributed by atoms with Crippen molar-refractivity contribution in [1.29, 1.82) is 0 Å². The molecular formula is C15H31O4P. The van der Waals surface area contributed by atoms with Crippen LogP contribution < -0.4 is 0 Å². The minimum absolute atomic E-state index is 0.305. The van der Waals surface area contributed by atoms with Crippen molar-refractivity contribution >= 4 is 13.4 Å². The summed E-state index contributed by atoms with van der Waals surface area (Å²) in [6.45, 7) is 4.41. The molecule has 4 nitrogen and oxygen atoms in total. The van der Waals surface area contributed by atoms with E-state index in [0.29, 0.717) is 6.42 Å². The maximum Gasteiger partial charge on any atom is 0.332 e. The second-order valence-electron chi connectivity index (χ2n) is 5.76. The van der Waals surface area contributed by atoms with Crippen molar-refractivity contribution in [1.82, 2.24) is 0 Å². The third-order valence-electron chi connectivity index (χ3n) is 3.63. The van der Waals surface area contributed by atoms with Gasteiger partial charge >= 0.3 is 7.60 Å². The quantitative estimate of drug-likeness (QED) is 0.393. The number of carbonyl (C=O) groups excluding carboxylic acids is 1.